The summed E-state index contributed by atoms with van der Waals surface area (Å²) >= 11 is 0. The number of hydrogen-bond acceptors (Lipinski definition) is 5. The summed E-state index contributed by atoms with van der Waals surface area (Å²) in [5.74, 6) is -0.409. The van der Waals surface area contributed by atoms with E-state index in [1.54, 1.807) is 24.3 Å². The van der Waals surface area contributed by atoms with Crippen molar-refractivity contribution in [1.82, 2.24) is 15.1 Å². The molecule has 3 N–H and O–H groups in total. The molecule has 2 aromatic rings. The van der Waals surface area contributed by atoms with E-state index in [2.05, 4.69) is 15.2 Å². The highest BCUT2D eigenvalue weighted by molar-refractivity contribution is 5.95. The molecule has 24 heavy (non-hydrogen) atoms. The smallest absolute Gasteiger partial charge is 0.343 e. The molecule has 0 spiro atoms. The van der Waals surface area contributed by atoms with Gasteiger partial charge in [-0.25, -0.2) is 9.48 Å². The van der Waals surface area contributed by atoms with Gasteiger partial charge in [0, 0.05) is 11.6 Å². The Morgan fingerprint density at radius 1 is 1.25 bits per heavy atom. The van der Waals surface area contributed by atoms with Crippen LogP contribution in [0.5, 0.6) is 0 Å². The van der Waals surface area contributed by atoms with E-state index < -0.39 is 5.97 Å². The molecule has 1 aliphatic carbocycles. The Kier molecular flexibility index (Phi) is 4.50. The molecule has 0 radical (unpaired) electrons. The summed E-state index contributed by atoms with van der Waals surface area (Å²) in [4.78, 5) is 23.8. The van der Waals surface area contributed by atoms with E-state index >= 15 is 0 Å². The van der Waals surface area contributed by atoms with Crippen LogP contribution in [0.25, 0.3) is 5.69 Å². The molecule has 126 valence electrons. The fraction of sp³-hybridized carbons (Fsp3) is 0.353. The van der Waals surface area contributed by atoms with E-state index in [9.17, 15) is 9.59 Å². The monoisotopic (exact) mass is 328 g/mol. The minimum absolute atomic E-state index is 0.0721. The quantitative estimate of drug-likeness (QED) is 0.835. The number of carbonyl (C=O) groups is 2. The van der Waals surface area contributed by atoms with E-state index in [0.717, 1.165) is 12.8 Å². The molecular weight excluding hydrogens is 308 g/mol. The number of nitrogens with two attached hydrogens (primary N) is 1. The number of nitrogens with one attached hydrogen (secondary N) is 1. The van der Waals surface area contributed by atoms with Gasteiger partial charge in [-0.05, 0) is 37.1 Å². The van der Waals surface area contributed by atoms with E-state index in [0.29, 0.717) is 11.3 Å². The van der Waals surface area contributed by atoms with Crippen LogP contribution < -0.4 is 11.1 Å². The second-order valence-corrected chi connectivity index (χ2v) is 5.85. The summed E-state index contributed by atoms with van der Waals surface area (Å²) in [6, 6.07) is 7.21. The van der Waals surface area contributed by atoms with Gasteiger partial charge in [0.05, 0.1) is 19.0 Å². The van der Waals surface area contributed by atoms with Crippen LogP contribution in [0, 0.1) is 0 Å². The van der Waals surface area contributed by atoms with Crippen molar-refractivity contribution in [3.63, 3.8) is 0 Å². The lowest BCUT2D eigenvalue weighted by molar-refractivity contribution is 0.0601. The Labute approximate surface area is 139 Å². The van der Waals surface area contributed by atoms with Crippen molar-refractivity contribution >= 4 is 17.7 Å². The minimum atomic E-state index is -0.536. The van der Waals surface area contributed by atoms with Gasteiger partial charge >= 0.3 is 5.97 Å². The van der Waals surface area contributed by atoms with Crippen molar-refractivity contribution in [2.45, 2.75) is 31.7 Å². The number of nitrogens with zero attached hydrogens (tertiary/aromatic N) is 2. The molecule has 0 saturated heterocycles. The van der Waals surface area contributed by atoms with Crippen molar-refractivity contribution in [2.75, 3.05) is 12.8 Å². The number of nitrogen functional groups attached to an aromatic ring is 1. The van der Waals surface area contributed by atoms with E-state index in [-0.39, 0.29) is 23.3 Å². The van der Waals surface area contributed by atoms with Crippen molar-refractivity contribution in [3.8, 4) is 5.69 Å². The van der Waals surface area contributed by atoms with Crippen molar-refractivity contribution in [2.24, 2.45) is 0 Å². The Balaban J connectivity index is 1.76. The van der Waals surface area contributed by atoms with Gasteiger partial charge in [-0.15, -0.1) is 0 Å². The SMILES string of the molecule is COC(=O)c1cnn(-c2ccc(C(=O)NC3CCCC3)cc2)c1N. The van der Waals surface area contributed by atoms with Gasteiger partial charge in [0.25, 0.3) is 5.91 Å². The predicted molar refractivity (Wildman–Crippen MR) is 89.0 cm³/mol. The first-order valence-electron chi connectivity index (χ1n) is 7.93. The number of rotatable bonds is 4. The molecule has 7 heteroatoms. The van der Waals surface area contributed by atoms with Gasteiger partial charge in [0.2, 0.25) is 0 Å². The maximum absolute atomic E-state index is 12.2. The van der Waals surface area contributed by atoms with Gasteiger partial charge in [0.15, 0.2) is 0 Å². The third-order valence-electron chi connectivity index (χ3n) is 4.28. The van der Waals surface area contributed by atoms with Gasteiger partial charge in [-0.2, -0.15) is 5.10 Å². The van der Waals surface area contributed by atoms with Crippen LogP contribution >= 0.6 is 0 Å². The molecule has 1 fully saturated rings. The normalized spacial score (nSPS) is 14.5. The molecule has 1 aliphatic rings. The summed E-state index contributed by atoms with van der Waals surface area (Å²) in [5.41, 5.74) is 7.40. The van der Waals surface area contributed by atoms with Gasteiger partial charge in [-0.1, -0.05) is 12.8 Å². The zero-order valence-electron chi connectivity index (χ0n) is 13.5. The number of aromatic nitrogens is 2. The predicted octanol–water partition coefficient (Wildman–Crippen LogP) is 1.91. The molecule has 7 nitrogen and oxygen atoms in total. The molecule has 1 amide bonds. The van der Waals surface area contributed by atoms with E-state index in [1.165, 1.54) is 30.8 Å². The fourth-order valence-electron chi connectivity index (χ4n) is 2.92. The molecule has 1 saturated carbocycles. The number of anilines is 1. The first-order valence-corrected chi connectivity index (χ1v) is 7.93. The number of hydrogen-bond donors (Lipinski definition) is 2. The summed E-state index contributed by atoms with van der Waals surface area (Å²) in [5, 5.41) is 7.15. The minimum Gasteiger partial charge on any atom is -0.465 e. The second-order valence-electron chi connectivity index (χ2n) is 5.85. The van der Waals surface area contributed by atoms with E-state index in [4.69, 9.17) is 5.73 Å². The highest BCUT2D eigenvalue weighted by Crippen LogP contribution is 2.20. The van der Waals surface area contributed by atoms with Gasteiger partial charge in [-0.3, -0.25) is 4.79 Å². The van der Waals surface area contributed by atoms with E-state index in [1.807, 2.05) is 0 Å². The molecule has 0 unspecified atom stereocenters. The zero-order chi connectivity index (χ0) is 17.1. The van der Waals surface area contributed by atoms with Crippen molar-refractivity contribution < 1.29 is 14.3 Å². The highest BCUT2D eigenvalue weighted by Gasteiger charge is 2.19. The first-order chi connectivity index (χ1) is 11.6. The average Bonchev–Trinajstić information content (AvgIpc) is 3.24. The van der Waals surface area contributed by atoms with Gasteiger partial charge in [0.1, 0.15) is 11.4 Å². The van der Waals surface area contributed by atoms with Crippen LogP contribution in [0.4, 0.5) is 5.82 Å². The summed E-state index contributed by atoms with van der Waals surface area (Å²) in [6.45, 7) is 0. The number of ether oxygens (including phenoxy) is 1. The lowest BCUT2D eigenvalue weighted by Crippen LogP contribution is -2.32. The average molecular weight is 328 g/mol. The maximum atomic E-state index is 12.2. The lowest BCUT2D eigenvalue weighted by Gasteiger charge is -2.12. The zero-order valence-corrected chi connectivity index (χ0v) is 13.5. The number of amides is 1. The van der Waals surface area contributed by atoms with Crippen LogP contribution in [-0.2, 0) is 4.74 Å². The highest BCUT2D eigenvalue weighted by atomic mass is 16.5. The number of benzene rings is 1. The Morgan fingerprint density at radius 3 is 2.54 bits per heavy atom. The van der Waals surface area contributed by atoms with Gasteiger partial charge < -0.3 is 15.8 Å². The summed E-state index contributed by atoms with van der Waals surface area (Å²) in [6.07, 6.45) is 5.80. The fourth-order valence-corrected chi connectivity index (χ4v) is 2.92. The van der Waals surface area contributed by atoms with Crippen molar-refractivity contribution in [3.05, 3.63) is 41.6 Å². The third-order valence-corrected chi connectivity index (χ3v) is 4.28. The number of esters is 1. The molecule has 1 heterocycles. The molecule has 1 aromatic carbocycles. The van der Waals surface area contributed by atoms with Crippen LogP contribution in [0.15, 0.2) is 30.5 Å². The van der Waals surface area contributed by atoms with Crippen LogP contribution in [0.2, 0.25) is 0 Å². The Hall–Kier alpha value is -2.83. The maximum Gasteiger partial charge on any atom is 0.343 e. The number of carbonyl (C=O) groups excluding carboxylic acids is 2. The second kappa shape index (κ2) is 6.74. The topological polar surface area (TPSA) is 99.2 Å². The standard InChI is InChI=1S/C17H20N4O3/c1-24-17(23)14-10-19-21(15(14)18)13-8-6-11(7-9-13)16(22)20-12-4-2-3-5-12/h6-10,12H,2-5,18H2,1H3,(H,20,22). The molecule has 0 atom stereocenters. The molecular formula is C17H20N4O3. The molecule has 3 rings (SSSR count). The van der Waals surface area contributed by atoms with Crippen LogP contribution in [0.3, 0.4) is 0 Å². The van der Waals surface area contributed by atoms with Crippen LogP contribution in [-0.4, -0.2) is 34.8 Å². The van der Waals surface area contributed by atoms with Crippen LogP contribution in [0.1, 0.15) is 46.4 Å². The first kappa shape index (κ1) is 16.0. The lowest BCUT2D eigenvalue weighted by atomic mass is 10.1. The largest absolute Gasteiger partial charge is 0.465 e. The van der Waals surface area contributed by atoms with Crippen molar-refractivity contribution in [1.29, 1.82) is 0 Å². The molecule has 1 aromatic heterocycles. The third kappa shape index (κ3) is 3.10. The Bertz CT molecular complexity index is 746. The summed E-state index contributed by atoms with van der Waals surface area (Å²) in [7, 11) is 1.29. The number of methoxy groups -OCH3 is 1. The molecule has 0 bridgehead atoms. The summed E-state index contributed by atoms with van der Waals surface area (Å²) < 4.78 is 6.09. The molecule has 0 aliphatic heterocycles. The Morgan fingerprint density at radius 2 is 1.92 bits per heavy atom.